The molecule has 0 amide bonds. The molecule has 0 aromatic carbocycles. The molecule has 6 heterocycles. The van der Waals surface area contributed by atoms with Gasteiger partial charge in [0.2, 0.25) is 0 Å². The molecule has 8 nitrogen and oxygen atoms in total. The minimum atomic E-state index is 0.246. The summed E-state index contributed by atoms with van der Waals surface area (Å²) >= 11 is 0. The van der Waals surface area contributed by atoms with E-state index >= 15 is 0 Å². The summed E-state index contributed by atoms with van der Waals surface area (Å²) < 4.78 is 5.60. The maximum Gasteiger partial charge on any atom is 0.0594 e. The number of morpholine rings is 1. The zero-order chi connectivity index (χ0) is 28.5. The maximum absolute atomic E-state index is 9.37. The van der Waals surface area contributed by atoms with Crippen LogP contribution >= 0.6 is 0 Å². The molecule has 0 aliphatic carbocycles. The Bertz CT molecular complexity index is 1190. The lowest BCUT2D eigenvalue weighted by Gasteiger charge is -2.47. The fourth-order valence-corrected chi connectivity index (χ4v) is 7.06. The summed E-state index contributed by atoms with van der Waals surface area (Å²) in [6.45, 7) is 22.2. The highest BCUT2D eigenvalue weighted by Crippen LogP contribution is 2.39. The first kappa shape index (κ1) is 29.1. The van der Waals surface area contributed by atoms with Gasteiger partial charge in [0.05, 0.1) is 25.5 Å². The number of aliphatic hydroxyl groups excluding tert-OH is 1. The van der Waals surface area contributed by atoms with Crippen LogP contribution in [0, 0.1) is 0 Å². The molecule has 2 saturated heterocycles. The van der Waals surface area contributed by atoms with Crippen LogP contribution in [0.1, 0.15) is 84.9 Å². The van der Waals surface area contributed by atoms with Crippen molar-refractivity contribution in [2.75, 3.05) is 78.7 Å². The fourth-order valence-electron chi connectivity index (χ4n) is 7.06. The molecule has 0 radical (unpaired) electrons. The Balaban J connectivity index is 1.33. The Kier molecular flexibility index (Phi) is 9.06. The monoisotopic (exact) mass is 562 g/mol. The molecule has 8 heteroatoms. The van der Waals surface area contributed by atoms with Crippen LogP contribution in [0.25, 0.3) is 0 Å². The number of β-amino-alcohol motifs (C(OH)–C–C–N with tert-alkyl or cyclic N) is 1. The molecule has 1 N–H and O–H groups in total. The van der Waals surface area contributed by atoms with Crippen molar-refractivity contribution in [3.63, 3.8) is 0 Å². The van der Waals surface area contributed by atoms with Gasteiger partial charge in [-0.25, -0.2) is 0 Å². The third-order valence-electron chi connectivity index (χ3n) is 9.73. The number of ether oxygens (including phenoxy) is 1. The van der Waals surface area contributed by atoms with Gasteiger partial charge in [-0.2, -0.15) is 0 Å². The fraction of sp³-hybridized carbons (Fsp3) is 0.697. The van der Waals surface area contributed by atoms with E-state index in [-0.39, 0.29) is 12.5 Å². The molecule has 4 aliphatic heterocycles. The first-order valence-electron chi connectivity index (χ1n) is 16.0. The van der Waals surface area contributed by atoms with Gasteiger partial charge in [0.25, 0.3) is 0 Å². The van der Waals surface area contributed by atoms with Crippen molar-refractivity contribution in [1.29, 1.82) is 0 Å². The normalized spacial score (nSPS) is 23.1. The standard InChI is InChI=1S/C33H50N6O2/c1-23(2)30-6-5-25-18-37(10-9-36-12-15-41-16-13-36)21-29(33(25)35-30)27-17-32(24(3)4)34-31-7-8-39(22-28(27)31)26-19-38(20-26)11-14-40/h5-6,17,23-24,26,29,40H,7-16,18-22H2,1-4H3. The summed E-state index contributed by atoms with van der Waals surface area (Å²) in [6.07, 6.45) is 1.01. The van der Waals surface area contributed by atoms with Crippen LogP contribution in [0.4, 0.5) is 0 Å². The van der Waals surface area contributed by atoms with E-state index in [9.17, 15) is 5.11 Å². The van der Waals surface area contributed by atoms with Gasteiger partial charge in [0.1, 0.15) is 0 Å². The highest BCUT2D eigenvalue weighted by atomic mass is 16.5. The number of rotatable bonds is 9. The number of hydrogen-bond donors (Lipinski definition) is 1. The SMILES string of the molecule is CC(C)c1cc(C2CN(CCN3CCOCC3)Cc3ccc(C(C)C)nc32)c2c(n1)CCN(C1CN(CCO)C1)C2. The zero-order valence-corrected chi connectivity index (χ0v) is 25.7. The van der Waals surface area contributed by atoms with E-state index in [1.165, 1.54) is 39.5 Å². The highest BCUT2D eigenvalue weighted by molar-refractivity contribution is 5.45. The molecule has 224 valence electrons. The van der Waals surface area contributed by atoms with Gasteiger partial charge < -0.3 is 9.84 Å². The van der Waals surface area contributed by atoms with Gasteiger partial charge in [-0.15, -0.1) is 0 Å². The van der Waals surface area contributed by atoms with Crippen LogP contribution in [0.15, 0.2) is 18.2 Å². The van der Waals surface area contributed by atoms with E-state index < -0.39 is 0 Å². The quantitative estimate of drug-likeness (QED) is 0.501. The number of fused-ring (bicyclic) bond motifs is 2. The van der Waals surface area contributed by atoms with Crippen molar-refractivity contribution < 1.29 is 9.84 Å². The van der Waals surface area contributed by atoms with Crippen LogP contribution < -0.4 is 0 Å². The molecule has 1 atom stereocenters. The molecule has 1 unspecified atom stereocenters. The summed E-state index contributed by atoms with van der Waals surface area (Å²) in [7, 11) is 0. The van der Waals surface area contributed by atoms with Crippen LogP contribution in [0.2, 0.25) is 0 Å². The Hall–Kier alpha value is -1.94. The first-order valence-corrected chi connectivity index (χ1v) is 16.0. The molecule has 6 rings (SSSR count). The van der Waals surface area contributed by atoms with Gasteiger partial charge in [0.15, 0.2) is 0 Å². The summed E-state index contributed by atoms with van der Waals surface area (Å²) in [6, 6.07) is 7.63. The van der Waals surface area contributed by atoms with Crippen LogP contribution in [-0.2, 0) is 24.2 Å². The Morgan fingerprint density at radius 2 is 1.61 bits per heavy atom. The van der Waals surface area contributed by atoms with Crippen molar-refractivity contribution >= 4 is 0 Å². The lowest BCUT2D eigenvalue weighted by Crippen LogP contribution is -2.60. The van der Waals surface area contributed by atoms with E-state index in [0.717, 1.165) is 91.6 Å². The molecule has 4 aliphatic rings. The molecule has 2 aromatic rings. The van der Waals surface area contributed by atoms with E-state index in [1.54, 1.807) is 0 Å². The topological polar surface area (TPSA) is 68.2 Å². The molecular formula is C33H50N6O2. The van der Waals surface area contributed by atoms with Gasteiger partial charge in [-0.3, -0.25) is 29.6 Å². The van der Waals surface area contributed by atoms with Crippen LogP contribution in [-0.4, -0.2) is 119 Å². The van der Waals surface area contributed by atoms with Crippen molar-refractivity contribution in [3.8, 4) is 0 Å². The summed E-state index contributed by atoms with van der Waals surface area (Å²) in [4.78, 5) is 20.9. The van der Waals surface area contributed by atoms with Crippen molar-refractivity contribution in [1.82, 2.24) is 29.6 Å². The highest BCUT2D eigenvalue weighted by Gasteiger charge is 2.37. The number of pyridine rings is 2. The molecule has 41 heavy (non-hydrogen) atoms. The predicted molar refractivity (Wildman–Crippen MR) is 162 cm³/mol. The number of likely N-dealkylation sites (tertiary alicyclic amines) is 1. The largest absolute Gasteiger partial charge is 0.395 e. The average Bonchev–Trinajstić information content (AvgIpc) is 2.96. The maximum atomic E-state index is 9.37. The third-order valence-corrected chi connectivity index (χ3v) is 9.73. The van der Waals surface area contributed by atoms with Crippen LogP contribution in [0.3, 0.4) is 0 Å². The van der Waals surface area contributed by atoms with E-state index in [1.807, 2.05) is 0 Å². The zero-order valence-electron chi connectivity index (χ0n) is 25.7. The van der Waals surface area contributed by atoms with Crippen LogP contribution in [0.5, 0.6) is 0 Å². The lowest BCUT2D eigenvalue weighted by molar-refractivity contribution is 0.0162. The van der Waals surface area contributed by atoms with Gasteiger partial charge >= 0.3 is 0 Å². The minimum Gasteiger partial charge on any atom is -0.395 e. The molecule has 0 bridgehead atoms. The van der Waals surface area contributed by atoms with E-state index in [0.29, 0.717) is 17.9 Å². The van der Waals surface area contributed by atoms with Crippen molar-refractivity contribution in [2.45, 2.75) is 71.0 Å². The Morgan fingerprint density at radius 1 is 0.854 bits per heavy atom. The van der Waals surface area contributed by atoms with Crippen molar-refractivity contribution in [3.05, 3.63) is 57.7 Å². The number of aromatic nitrogens is 2. The minimum absolute atomic E-state index is 0.246. The van der Waals surface area contributed by atoms with Gasteiger partial charge in [0, 0.05) is 107 Å². The second kappa shape index (κ2) is 12.7. The molecule has 0 spiro atoms. The smallest absolute Gasteiger partial charge is 0.0594 e. The molecule has 2 fully saturated rings. The average molecular weight is 563 g/mol. The Labute approximate surface area is 246 Å². The summed E-state index contributed by atoms with van der Waals surface area (Å²) in [5.41, 5.74) is 9.30. The second-order valence-corrected chi connectivity index (χ2v) is 13.3. The lowest BCUT2D eigenvalue weighted by atomic mass is 9.82. The van der Waals surface area contributed by atoms with Gasteiger partial charge in [-0.05, 0) is 40.7 Å². The second-order valence-electron chi connectivity index (χ2n) is 13.3. The van der Waals surface area contributed by atoms with Gasteiger partial charge in [-0.1, -0.05) is 33.8 Å². The van der Waals surface area contributed by atoms with Crippen molar-refractivity contribution in [2.24, 2.45) is 0 Å². The number of aliphatic hydroxyl groups is 1. The molecule has 0 saturated carbocycles. The third kappa shape index (κ3) is 6.38. The van der Waals surface area contributed by atoms with E-state index in [2.05, 4.69) is 65.5 Å². The number of hydrogen-bond acceptors (Lipinski definition) is 8. The number of nitrogens with zero attached hydrogens (tertiary/aromatic N) is 6. The summed E-state index contributed by atoms with van der Waals surface area (Å²) in [5, 5.41) is 9.37. The first-order chi connectivity index (χ1) is 19.9. The Morgan fingerprint density at radius 3 is 2.34 bits per heavy atom. The molecule has 2 aromatic heterocycles. The summed E-state index contributed by atoms with van der Waals surface area (Å²) in [5.74, 6) is 1.06. The molecular weight excluding hydrogens is 512 g/mol. The van der Waals surface area contributed by atoms with E-state index in [4.69, 9.17) is 14.7 Å². The predicted octanol–water partition coefficient (Wildman–Crippen LogP) is 3.04.